The number of hydrogen-bond acceptors (Lipinski definition) is 2. The molecule has 104 valence electrons. The third-order valence-corrected chi connectivity index (χ3v) is 3.92. The molecule has 0 fully saturated rings. The molecule has 0 aliphatic heterocycles. The topological polar surface area (TPSA) is 29.5 Å². The van der Waals surface area contributed by atoms with Crippen LogP contribution in [0.3, 0.4) is 0 Å². The lowest BCUT2D eigenvalue weighted by molar-refractivity contribution is 0.180. The minimum absolute atomic E-state index is 0.292. The summed E-state index contributed by atoms with van der Waals surface area (Å²) in [6, 6.07) is 9.94. The van der Waals surface area contributed by atoms with E-state index in [0.29, 0.717) is 11.6 Å². The third-order valence-electron chi connectivity index (χ3n) is 3.57. The van der Waals surface area contributed by atoms with Crippen molar-refractivity contribution in [3.05, 3.63) is 63.9 Å². The number of hydrogen-bond donors (Lipinski definition) is 1. The van der Waals surface area contributed by atoms with Crippen molar-refractivity contribution in [2.45, 2.75) is 25.6 Å². The Hall–Kier alpha value is -1.58. The molecule has 0 bridgehead atoms. The van der Waals surface area contributed by atoms with Crippen LogP contribution in [0.4, 0.5) is 4.39 Å². The first-order valence-electron chi connectivity index (χ1n) is 6.51. The quantitative estimate of drug-likeness (QED) is 0.925. The molecule has 1 atom stereocenters. The normalized spacial score (nSPS) is 17.1. The van der Waals surface area contributed by atoms with Gasteiger partial charge in [0.15, 0.2) is 0 Å². The van der Waals surface area contributed by atoms with Crippen molar-refractivity contribution in [3.63, 3.8) is 0 Å². The van der Waals surface area contributed by atoms with Gasteiger partial charge in [0.1, 0.15) is 18.2 Å². The number of aliphatic hydroxyl groups is 1. The van der Waals surface area contributed by atoms with Crippen LogP contribution in [0.5, 0.6) is 5.75 Å². The molecule has 1 N–H and O–H groups in total. The second kappa shape index (κ2) is 5.43. The van der Waals surface area contributed by atoms with E-state index in [1.807, 2.05) is 18.2 Å². The molecule has 0 saturated carbocycles. The van der Waals surface area contributed by atoms with Gasteiger partial charge in [0.2, 0.25) is 0 Å². The molecule has 0 spiro atoms. The molecule has 2 aromatic rings. The first-order chi connectivity index (χ1) is 9.63. The highest BCUT2D eigenvalue weighted by atomic mass is 35.5. The Labute approximate surface area is 121 Å². The molecule has 20 heavy (non-hydrogen) atoms. The van der Waals surface area contributed by atoms with Gasteiger partial charge in [-0.3, -0.25) is 0 Å². The van der Waals surface area contributed by atoms with E-state index < -0.39 is 0 Å². The lowest BCUT2D eigenvalue weighted by Gasteiger charge is -2.10. The SMILES string of the molecule is O[C@@H]1CCc2cc(OCc3ccc(F)cc3Cl)ccc21. The average Bonchev–Trinajstić information content (AvgIpc) is 2.79. The maximum atomic E-state index is 12.9. The maximum absolute atomic E-state index is 12.9. The second-order valence-electron chi connectivity index (χ2n) is 4.94. The van der Waals surface area contributed by atoms with Gasteiger partial charge in [-0.2, -0.15) is 0 Å². The summed E-state index contributed by atoms with van der Waals surface area (Å²) >= 11 is 5.96. The number of aliphatic hydroxyl groups excluding tert-OH is 1. The summed E-state index contributed by atoms with van der Waals surface area (Å²) in [7, 11) is 0. The Balaban J connectivity index is 1.73. The van der Waals surface area contributed by atoms with Crippen molar-refractivity contribution >= 4 is 11.6 Å². The van der Waals surface area contributed by atoms with Crippen LogP contribution in [-0.4, -0.2) is 5.11 Å². The summed E-state index contributed by atoms with van der Waals surface area (Å²) in [5, 5.41) is 10.1. The Morgan fingerprint density at radius 1 is 1.25 bits per heavy atom. The number of aryl methyl sites for hydroxylation is 1. The summed E-state index contributed by atoms with van der Waals surface area (Å²) in [4.78, 5) is 0. The molecule has 0 radical (unpaired) electrons. The highest BCUT2D eigenvalue weighted by Crippen LogP contribution is 2.33. The van der Waals surface area contributed by atoms with Crippen molar-refractivity contribution in [3.8, 4) is 5.75 Å². The van der Waals surface area contributed by atoms with Crippen molar-refractivity contribution in [1.29, 1.82) is 0 Å². The fraction of sp³-hybridized carbons (Fsp3) is 0.250. The van der Waals surface area contributed by atoms with Crippen molar-refractivity contribution < 1.29 is 14.2 Å². The molecule has 4 heteroatoms. The molecular weight excluding hydrogens is 279 g/mol. The van der Waals surface area contributed by atoms with Crippen LogP contribution >= 0.6 is 11.6 Å². The number of ether oxygens (including phenoxy) is 1. The number of rotatable bonds is 3. The zero-order chi connectivity index (χ0) is 14.1. The Morgan fingerprint density at radius 3 is 2.90 bits per heavy atom. The van der Waals surface area contributed by atoms with Crippen LogP contribution in [0.25, 0.3) is 0 Å². The molecular formula is C16H14ClFO2. The first-order valence-corrected chi connectivity index (χ1v) is 6.89. The average molecular weight is 293 g/mol. The lowest BCUT2D eigenvalue weighted by Crippen LogP contribution is -1.98. The van der Waals surface area contributed by atoms with E-state index >= 15 is 0 Å². The van der Waals surface area contributed by atoms with Gasteiger partial charge in [-0.05, 0) is 48.2 Å². The van der Waals surface area contributed by atoms with Gasteiger partial charge < -0.3 is 9.84 Å². The molecule has 0 aromatic heterocycles. The summed E-state index contributed by atoms with van der Waals surface area (Å²) in [6.07, 6.45) is 1.28. The highest BCUT2D eigenvalue weighted by molar-refractivity contribution is 6.31. The van der Waals surface area contributed by atoms with Gasteiger partial charge in [0.25, 0.3) is 0 Å². The number of fused-ring (bicyclic) bond motifs is 1. The third kappa shape index (κ3) is 2.65. The van der Waals surface area contributed by atoms with E-state index in [1.165, 1.54) is 12.1 Å². The standard InChI is InChI=1S/C16H14ClFO2/c17-15-8-12(18)3-1-11(15)9-20-13-4-5-14-10(7-13)2-6-16(14)19/h1,3-5,7-8,16,19H,2,6,9H2/t16-/m1/s1. The zero-order valence-corrected chi connectivity index (χ0v) is 11.5. The van der Waals surface area contributed by atoms with E-state index in [1.54, 1.807) is 6.07 Å². The van der Waals surface area contributed by atoms with E-state index in [4.69, 9.17) is 16.3 Å². The summed E-state index contributed by atoms with van der Waals surface area (Å²) in [5.41, 5.74) is 2.85. The van der Waals surface area contributed by atoms with Crippen LogP contribution in [0.1, 0.15) is 29.2 Å². The minimum Gasteiger partial charge on any atom is -0.489 e. The summed E-state index contributed by atoms with van der Waals surface area (Å²) < 4.78 is 18.6. The molecule has 2 aromatic carbocycles. The van der Waals surface area contributed by atoms with E-state index in [2.05, 4.69) is 0 Å². The minimum atomic E-state index is -0.356. The fourth-order valence-corrected chi connectivity index (χ4v) is 2.68. The molecule has 0 amide bonds. The van der Waals surface area contributed by atoms with Crippen molar-refractivity contribution in [2.75, 3.05) is 0 Å². The van der Waals surface area contributed by atoms with Gasteiger partial charge >= 0.3 is 0 Å². The van der Waals surface area contributed by atoms with Crippen LogP contribution < -0.4 is 4.74 Å². The molecule has 0 heterocycles. The fourth-order valence-electron chi connectivity index (χ4n) is 2.46. The molecule has 1 aliphatic rings. The first kappa shape index (κ1) is 13.4. The van der Waals surface area contributed by atoms with Crippen molar-refractivity contribution in [2.24, 2.45) is 0 Å². The van der Waals surface area contributed by atoms with Gasteiger partial charge in [-0.1, -0.05) is 23.7 Å². The molecule has 3 rings (SSSR count). The Morgan fingerprint density at radius 2 is 2.10 bits per heavy atom. The number of benzene rings is 2. The van der Waals surface area contributed by atoms with Crippen LogP contribution in [0.15, 0.2) is 36.4 Å². The largest absolute Gasteiger partial charge is 0.489 e. The van der Waals surface area contributed by atoms with E-state index in [-0.39, 0.29) is 11.9 Å². The second-order valence-corrected chi connectivity index (χ2v) is 5.35. The highest BCUT2D eigenvalue weighted by Gasteiger charge is 2.20. The number of halogens is 2. The molecule has 0 unspecified atom stereocenters. The monoisotopic (exact) mass is 292 g/mol. The molecule has 1 aliphatic carbocycles. The summed E-state index contributed by atoms with van der Waals surface area (Å²) in [6.45, 7) is 0.292. The van der Waals surface area contributed by atoms with E-state index in [0.717, 1.165) is 35.3 Å². The molecule has 0 saturated heterocycles. The predicted molar refractivity (Wildman–Crippen MR) is 75.5 cm³/mol. The predicted octanol–water partition coefficient (Wildman–Crippen LogP) is 4.04. The zero-order valence-electron chi connectivity index (χ0n) is 10.8. The Bertz CT molecular complexity index is 642. The Kier molecular flexibility index (Phi) is 3.64. The van der Waals surface area contributed by atoms with Crippen molar-refractivity contribution in [1.82, 2.24) is 0 Å². The molecule has 2 nitrogen and oxygen atoms in total. The van der Waals surface area contributed by atoms with Gasteiger partial charge in [-0.15, -0.1) is 0 Å². The van der Waals surface area contributed by atoms with Gasteiger partial charge in [0.05, 0.1) is 11.1 Å². The van der Waals surface area contributed by atoms with E-state index in [9.17, 15) is 9.50 Å². The van der Waals surface area contributed by atoms with Gasteiger partial charge in [0, 0.05) is 5.56 Å². The van der Waals surface area contributed by atoms with Crippen LogP contribution in [0.2, 0.25) is 5.02 Å². The maximum Gasteiger partial charge on any atom is 0.124 e. The van der Waals surface area contributed by atoms with Crippen LogP contribution in [-0.2, 0) is 13.0 Å². The van der Waals surface area contributed by atoms with Crippen LogP contribution in [0, 0.1) is 5.82 Å². The van der Waals surface area contributed by atoms with Gasteiger partial charge in [-0.25, -0.2) is 4.39 Å². The summed E-state index contributed by atoms with van der Waals surface area (Å²) in [5.74, 6) is 0.378. The lowest BCUT2D eigenvalue weighted by atomic mass is 10.1. The smallest absolute Gasteiger partial charge is 0.124 e.